The maximum atomic E-state index is 11.6. The quantitative estimate of drug-likeness (QED) is 0.702. The lowest BCUT2D eigenvalue weighted by molar-refractivity contribution is -0.117. The molecule has 0 aromatic heterocycles. The van der Waals surface area contributed by atoms with E-state index in [9.17, 15) is 4.79 Å². The molecule has 1 unspecified atom stereocenters. The number of benzene rings is 1. The Hall–Kier alpha value is -1.85. The first kappa shape index (κ1) is 16.2. The van der Waals surface area contributed by atoms with Crippen LogP contribution in [0.2, 0.25) is 0 Å². The fraction of sp³-hybridized carbons (Fsp3) is 0.400. The molecule has 5 nitrogen and oxygen atoms in total. The molecule has 0 bridgehead atoms. The van der Waals surface area contributed by atoms with Crippen LogP contribution in [-0.2, 0) is 9.53 Å². The highest BCUT2D eigenvalue weighted by atomic mass is 16.5. The second-order valence-electron chi connectivity index (χ2n) is 4.18. The van der Waals surface area contributed by atoms with Gasteiger partial charge in [-0.2, -0.15) is 0 Å². The van der Waals surface area contributed by atoms with Gasteiger partial charge in [0.25, 0.3) is 0 Å². The van der Waals surface area contributed by atoms with Gasteiger partial charge in [-0.15, -0.1) is 0 Å². The van der Waals surface area contributed by atoms with Crippen molar-refractivity contribution in [1.82, 2.24) is 5.32 Å². The van der Waals surface area contributed by atoms with E-state index in [1.165, 1.54) is 13.2 Å². The van der Waals surface area contributed by atoms with Crippen molar-refractivity contribution in [3.05, 3.63) is 35.9 Å². The van der Waals surface area contributed by atoms with Crippen molar-refractivity contribution < 1.29 is 19.4 Å². The number of amides is 1. The fourth-order valence-electron chi connectivity index (χ4n) is 1.60. The number of carbonyl (C=O) groups excluding carboxylic acids is 1. The molecular formula is C15H21NO4. The van der Waals surface area contributed by atoms with E-state index in [-0.39, 0.29) is 19.1 Å². The largest absolute Gasteiger partial charge is 0.494 e. The molecule has 0 aliphatic rings. The number of nitrogens with one attached hydrogen (secondary N) is 1. The number of hydrogen-bond acceptors (Lipinski definition) is 4. The highest BCUT2D eigenvalue weighted by molar-refractivity contribution is 5.91. The molecule has 0 aliphatic heterocycles. The van der Waals surface area contributed by atoms with Gasteiger partial charge < -0.3 is 19.9 Å². The number of rotatable bonds is 8. The van der Waals surface area contributed by atoms with Crippen molar-refractivity contribution in [2.45, 2.75) is 13.0 Å². The highest BCUT2D eigenvalue weighted by Gasteiger charge is 2.08. The molecule has 110 valence electrons. The lowest BCUT2D eigenvalue weighted by Gasteiger charge is -2.13. The predicted molar refractivity (Wildman–Crippen MR) is 77.5 cm³/mol. The van der Waals surface area contributed by atoms with Gasteiger partial charge in [-0.25, -0.2) is 0 Å². The Morgan fingerprint density at radius 3 is 2.65 bits per heavy atom. The second kappa shape index (κ2) is 9.12. The topological polar surface area (TPSA) is 67.8 Å². The number of aliphatic hydroxyl groups excluding tert-OH is 1. The molecule has 0 fully saturated rings. The van der Waals surface area contributed by atoms with Gasteiger partial charge in [0.15, 0.2) is 0 Å². The number of aliphatic hydroxyl groups is 1. The first-order valence-electron chi connectivity index (χ1n) is 6.50. The average molecular weight is 279 g/mol. The molecule has 20 heavy (non-hydrogen) atoms. The van der Waals surface area contributed by atoms with Gasteiger partial charge in [0.05, 0.1) is 25.9 Å². The van der Waals surface area contributed by atoms with E-state index in [2.05, 4.69) is 5.32 Å². The summed E-state index contributed by atoms with van der Waals surface area (Å²) < 4.78 is 10.2. The Labute approximate surface area is 119 Å². The normalized spacial score (nSPS) is 12.3. The van der Waals surface area contributed by atoms with E-state index in [1.807, 2.05) is 31.2 Å². The van der Waals surface area contributed by atoms with Crippen LogP contribution in [0.15, 0.2) is 30.3 Å². The summed E-state index contributed by atoms with van der Waals surface area (Å²) in [6, 6.07) is 7.05. The number of hydrogen-bond donors (Lipinski definition) is 2. The van der Waals surface area contributed by atoms with Crippen LogP contribution in [0.3, 0.4) is 0 Å². The molecule has 2 N–H and O–H groups in total. The Bertz CT molecular complexity index is 428. The van der Waals surface area contributed by atoms with Crippen LogP contribution in [0.1, 0.15) is 12.5 Å². The van der Waals surface area contributed by atoms with Crippen LogP contribution >= 0.6 is 0 Å². The molecule has 1 amide bonds. The van der Waals surface area contributed by atoms with Crippen molar-refractivity contribution in [2.75, 3.05) is 26.9 Å². The summed E-state index contributed by atoms with van der Waals surface area (Å²) in [6.07, 6.45) is 3.13. The first-order chi connectivity index (χ1) is 9.69. The molecule has 1 atom stereocenters. The van der Waals surface area contributed by atoms with Crippen LogP contribution in [0.5, 0.6) is 5.75 Å². The van der Waals surface area contributed by atoms with Crippen LogP contribution in [-0.4, -0.2) is 44.0 Å². The summed E-state index contributed by atoms with van der Waals surface area (Å²) in [7, 11) is 1.52. The molecular weight excluding hydrogens is 258 g/mol. The van der Waals surface area contributed by atoms with Crippen LogP contribution in [0, 0.1) is 0 Å². The number of carbonyl (C=O) groups is 1. The Morgan fingerprint density at radius 2 is 2.10 bits per heavy atom. The highest BCUT2D eigenvalue weighted by Crippen LogP contribution is 2.12. The minimum atomic E-state index is -0.391. The van der Waals surface area contributed by atoms with Crippen LogP contribution in [0.25, 0.3) is 6.08 Å². The predicted octanol–water partition coefficient (Wildman–Crippen LogP) is 1.22. The summed E-state index contributed by atoms with van der Waals surface area (Å²) >= 11 is 0. The smallest absolute Gasteiger partial charge is 0.244 e. The molecule has 0 radical (unpaired) electrons. The van der Waals surface area contributed by atoms with Gasteiger partial charge in [-0.1, -0.05) is 12.1 Å². The van der Waals surface area contributed by atoms with Gasteiger partial charge >= 0.3 is 0 Å². The third-order valence-electron chi connectivity index (χ3n) is 2.55. The van der Waals surface area contributed by atoms with Gasteiger partial charge in [-0.05, 0) is 30.7 Å². The minimum absolute atomic E-state index is 0.156. The van der Waals surface area contributed by atoms with E-state index in [4.69, 9.17) is 14.6 Å². The summed E-state index contributed by atoms with van der Waals surface area (Å²) in [5.41, 5.74) is 0.899. The number of methoxy groups -OCH3 is 1. The summed E-state index contributed by atoms with van der Waals surface area (Å²) in [6.45, 7) is 2.67. The van der Waals surface area contributed by atoms with E-state index in [0.717, 1.165) is 11.3 Å². The van der Waals surface area contributed by atoms with E-state index < -0.39 is 6.04 Å². The van der Waals surface area contributed by atoms with Gasteiger partial charge in [0.2, 0.25) is 5.91 Å². The van der Waals surface area contributed by atoms with Crippen LogP contribution < -0.4 is 10.1 Å². The Kier molecular flexibility index (Phi) is 7.39. The van der Waals surface area contributed by atoms with Gasteiger partial charge in [0, 0.05) is 13.2 Å². The molecule has 0 saturated heterocycles. The zero-order valence-corrected chi connectivity index (χ0v) is 11.8. The summed E-state index contributed by atoms with van der Waals surface area (Å²) in [4.78, 5) is 11.6. The van der Waals surface area contributed by atoms with E-state index in [0.29, 0.717) is 6.61 Å². The molecule has 0 aliphatic carbocycles. The van der Waals surface area contributed by atoms with E-state index >= 15 is 0 Å². The Morgan fingerprint density at radius 1 is 1.40 bits per heavy atom. The zero-order chi connectivity index (χ0) is 14.8. The molecule has 1 aromatic rings. The molecule has 5 heteroatoms. The number of ether oxygens (including phenoxy) is 2. The third kappa shape index (κ3) is 5.86. The fourth-order valence-corrected chi connectivity index (χ4v) is 1.60. The zero-order valence-electron chi connectivity index (χ0n) is 11.8. The van der Waals surface area contributed by atoms with Gasteiger partial charge in [0.1, 0.15) is 5.75 Å². The summed E-state index contributed by atoms with van der Waals surface area (Å²) in [5, 5.41) is 11.7. The standard InChI is InChI=1S/C15H21NO4/c1-3-20-14-7-4-12(5-8-14)6-9-15(18)16-13(10-17)11-19-2/h4-9,13,17H,3,10-11H2,1-2H3,(H,16,18)/b9-6+. The third-order valence-corrected chi connectivity index (χ3v) is 2.55. The first-order valence-corrected chi connectivity index (χ1v) is 6.50. The molecule has 0 spiro atoms. The summed E-state index contributed by atoms with van der Waals surface area (Å²) in [5.74, 6) is 0.532. The second-order valence-corrected chi connectivity index (χ2v) is 4.18. The lowest BCUT2D eigenvalue weighted by Crippen LogP contribution is -2.39. The van der Waals surface area contributed by atoms with E-state index in [1.54, 1.807) is 6.08 Å². The van der Waals surface area contributed by atoms with Crippen molar-refractivity contribution in [3.8, 4) is 5.75 Å². The molecule has 1 aromatic carbocycles. The Balaban J connectivity index is 2.51. The van der Waals surface area contributed by atoms with Crippen molar-refractivity contribution in [1.29, 1.82) is 0 Å². The SMILES string of the molecule is CCOc1ccc(/C=C/C(=O)NC(CO)COC)cc1. The maximum Gasteiger partial charge on any atom is 0.244 e. The van der Waals surface area contributed by atoms with Crippen molar-refractivity contribution >= 4 is 12.0 Å². The average Bonchev–Trinajstić information content (AvgIpc) is 2.46. The van der Waals surface area contributed by atoms with Gasteiger partial charge in [-0.3, -0.25) is 4.79 Å². The molecule has 0 saturated carbocycles. The van der Waals surface area contributed by atoms with Crippen molar-refractivity contribution in [2.24, 2.45) is 0 Å². The minimum Gasteiger partial charge on any atom is -0.494 e. The lowest BCUT2D eigenvalue weighted by atomic mass is 10.2. The monoisotopic (exact) mass is 279 g/mol. The van der Waals surface area contributed by atoms with Crippen LogP contribution in [0.4, 0.5) is 0 Å². The molecule has 1 rings (SSSR count). The maximum absolute atomic E-state index is 11.6. The molecule has 0 heterocycles. The van der Waals surface area contributed by atoms with Crippen molar-refractivity contribution in [3.63, 3.8) is 0 Å².